The summed E-state index contributed by atoms with van der Waals surface area (Å²) in [4.78, 5) is 19.4. The van der Waals surface area contributed by atoms with Gasteiger partial charge in [-0.15, -0.1) is 0 Å². The van der Waals surface area contributed by atoms with E-state index in [1.165, 1.54) is 0 Å². The van der Waals surface area contributed by atoms with E-state index in [-0.39, 0.29) is 35.1 Å². The quantitative estimate of drug-likeness (QED) is 0.178. The van der Waals surface area contributed by atoms with Gasteiger partial charge in [0.1, 0.15) is 6.29 Å². The van der Waals surface area contributed by atoms with E-state index >= 15 is 0 Å². The largest absolute Gasteiger partial charge is 1.00 e. The topological polar surface area (TPSA) is 57.2 Å². The van der Waals surface area contributed by atoms with Gasteiger partial charge >= 0.3 is 29.6 Å². The third-order valence-electron chi connectivity index (χ3n) is 0.638. The molecule has 10 heavy (non-hydrogen) atoms. The minimum atomic E-state index is -1.37. The summed E-state index contributed by atoms with van der Waals surface area (Å²) in [6, 6.07) is 0. The van der Waals surface area contributed by atoms with Crippen molar-refractivity contribution in [1.82, 2.24) is 0 Å². The summed E-state index contributed by atoms with van der Waals surface area (Å²) < 4.78 is 0. The molecule has 48 valence electrons. The van der Waals surface area contributed by atoms with Gasteiger partial charge in [0.15, 0.2) is 0 Å². The van der Waals surface area contributed by atoms with Gasteiger partial charge in [-0.25, -0.2) is 0 Å². The molecule has 3 nitrogen and oxygen atoms in total. The molecule has 0 saturated heterocycles. The maximum Gasteiger partial charge on any atom is 1.00 e. The zero-order valence-electron chi connectivity index (χ0n) is 5.66. The van der Waals surface area contributed by atoms with Crippen molar-refractivity contribution >= 4 is 12.3 Å². The minimum Gasteiger partial charge on any atom is -0.545 e. The molecule has 0 radical (unpaired) electrons. The van der Waals surface area contributed by atoms with Crippen molar-refractivity contribution in [3.8, 4) is 0 Å². The summed E-state index contributed by atoms with van der Waals surface area (Å²) >= 11 is 0. The standard InChI is InChI=1S/C6H6O3.Na/c1-5(6(8)9)3-2-4-7;/h2-4H,1H2,(H,8,9);/q;+1/p-1. The second kappa shape index (κ2) is 6.74. The summed E-state index contributed by atoms with van der Waals surface area (Å²) in [7, 11) is 0. The number of carbonyl (C=O) groups is 2. The Labute approximate surface area is 80.7 Å². The second-order valence-electron chi connectivity index (χ2n) is 1.31. The fourth-order valence-electron chi connectivity index (χ4n) is 0.223. The van der Waals surface area contributed by atoms with Crippen LogP contribution in [0.3, 0.4) is 0 Å². The first kappa shape index (κ1) is 12.3. The van der Waals surface area contributed by atoms with Crippen LogP contribution < -0.4 is 34.7 Å². The Kier molecular flexibility index (Phi) is 8.29. The average molecular weight is 148 g/mol. The first-order chi connectivity index (χ1) is 4.18. The summed E-state index contributed by atoms with van der Waals surface area (Å²) in [6.45, 7) is 3.08. The summed E-state index contributed by atoms with van der Waals surface area (Å²) in [5.41, 5.74) is -0.206. The van der Waals surface area contributed by atoms with Crippen molar-refractivity contribution in [2.75, 3.05) is 0 Å². The molecule has 0 bridgehead atoms. The monoisotopic (exact) mass is 148 g/mol. The Bertz CT molecular complexity index is 172. The number of aldehydes is 1. The fourth-order valence-corrected chi connectivity index (χ4v) is 0.223. The van der Waals surface area contributed by atoms with E-state index in [2.05, 4.69) is 6.58 Å². The number of carboxylic acid groups (broad SMARTS) is 1. The van der Waals surface area contributed by atoms with Gasteiger partial charge in [-0.1, -0.05) is 12.7 Å². The van der Waals surface area contributed by atoms with Crippen molar-refractivity contribution in [1.29, 1.82) is 0 Å². The average Bonchev–Trinajstić information content (AvgIpc) is 1.82. The molecule has 0 aliphatic carbocycles. The third kappa shape index (κ3) is 5.75. The van der Waals surface area contributed by atoms with Gasteiger partial charge in [0, 0.05) is 0 Å². The molecule has 0 spiro atoms. The van der Waals surface area contributed by atoms with Crippen LogP contribution >= 0.6 is 0 Å². The zero-order valence-corrected chi connectivity index (χ0v) is 7.66. The predicted octanol–water partition coefficient (Wildman–Crippen LogP) is -3.95. The normalized spacial score (nSPS) is 8.40. The van der Waals surface area contributed by atoms with Gasteiger partial charge in [0.05, 0.1) is 5.97 Å². The van der Waals surface area contributed by atoms with Crippen LogP contribution in [0.4, 0.5) is 0 Å². The first-order valence-corrected chi connectivity index (χ1v) is 2.20. The molecule has 0 atom stereocenters. The molecule has 0 aliphatic rings. The molecule has 0 fully saturated rings. The Hall–Kier alpha value is -0.380. The molecule has 0 aromatic carbocycles. The van der Waals surface area contributed by atoms with Gasteiger partial charge in [0.25, 0.3) is 0 Å². The molecule has 0 amide bonds. The summed E-state index contributed by atoms with van der Waals surface area (Å²) in [6.07, 6.45) is 2.58. The number of hydrogen-bond acceptors (Lipinski definition) is 3. The van der Waals surface area contributed by atoms with Crippen LogP contribution in [0.2, 0.25) is 0 Å². The van der Waals surface area contributed by atoms with E-state index in [0.29, 0.717) is 6.29 Å². The van der Waals surface area contributed by atoms with Gasteiger partial charge in [-0.05, 0) is 11.6 Å². The molecule has 0 saturated carbocycles. The summed E-state index contributed by atoms with van der Waals surface area (Å²) in [5.74, 6) is -1.37. The van der Waals surface area contributed by atoms with E-state index in [1.54, 1.807) is 0 Å². The molecule has 0 N–H and O–H groups in total. The molecule has 0 unspecified atom stereocenters. The Morgan fingerprint density at radius 2 is 2.00 bits per heavy atom. The van der Waals surface area contributed by atoms with Crippen LogP contribution in [0.25, 0.3) is 0 Å². The number of carbonyl (C=O) groups excluding carboxylic acids is 2. The van der Waals surface area contributed by atoms with Crippen LogP contribution in [-0.4, -0.2) is 12.3 Å². The van der Waals surface area contributed by atoms with Gasteiger partial charge in [-0.2, -0.15) is 0 Å². The Morgan fingerprint density at radius 1 is 1.50 bits per heavy atom. The molecular formula is C6H5NaO3. The molecule has 0 aromatic rings. The van der Waals surface area contributed by atoms with Crippen LogP contribution in [0.15, 0.2) is 24.3 Å². The van der Waals surface area contributed by atoms with E-state index < -0.39 is 5.97 Å². The van der Waals surface area contributed by atoms with E-state index in [0.717, 1.165) is 12.2 Å². The fraction of sp³-hybridized carbons (Fsp3) is 0. The van der Waals surface area contributed by atoms with Crippen LogP contribution in [0.1, 0.15) is 0 Å². The van der Waals surface area contributed by atoms with E-state index in [1.807, 2.05) is 0 Å². The summed E-state index contributed by atoms with van der Waals surface area (Å²) in [5, 5.41) is 9.83. The maximum absolute atomic E-state index is 9.83. The van der Waals surface area contributed by atoms with E-state index in [4.69, 9.17) is 0 Å². The SMILES string of the molecule is C=C(C=CC=O)C(=O)[O-].[Na+]. The zero-order chi connectivity index (χ0) is 7.28. The molecule has 0 heterocycles. The molecule has 0 rings (SSSR count). The van der Waals surface area contributed by atoms with Crippen molar-refractivity contribution in [3.05, 3.63) is 24.3 Å². The number of allylic oxidation sites excluding steroid dienone is 1. The Morgan fingerprint density at radius 3 is 2.30 bits per heavy atom. The Balaban J connectivity index is 0. The number of aliphatic carboxylic acids is 1. The smallest absolute Gasteiger partial charge is 0.545 e. The molecular weight excluding hydrogens is 143 g/mol. The van der Waals surface area contributed by atoms with Gasteiger partial charge in [-0.3, -0.25) is 4.79 Å². The van der Waals surface area contributed by atoms with Crippen molar-refractivity contribution in [2.24, 2.45) is 0 Å². The molecule has 4 heteroatoms. The molecule has 0 aromatic heterocycles. The van der Waals surface area contributed by atoms with E-state index in [9.17, 15) is 14.7 Å². The van der Waals surface area contributed by atoms with Crippen molar-refractivity contribution < 1.29 is 44.3 Å². The van der Waals surface area contributed by atoms with Crippen LogP contribution in [0.5, 0.6) is 0 Å². The maximum atomic E-state index is 9.83. The van der Waals surface area contributed by atoms with Crippen molar-refractivity contribution in [3.63, 3.8) is 0 Å². The number of hydrogen-bond donors (Lipinski definition) is 0. The molecule has 0 aliphatic heterocycles. The number of rotatable bonds is 3. The van der Waals surface area contributed by atoms with Gasteiger partial charge in [0.2, 0.25) is 0 Å². The van der Waals surface area contributed by atoms with Gasteiger partial charge < -0.3 is 9.90 Å². The van der Waals surface area contributed by atoms with Crippen molar-refractivity contribution in [2.45, 2.75) is 0 Å². The van der Waals surface area contributed by atoms with Crippen LogP contribution in [0, 0.1) is 0 Å². The third-order valence-corrected chi connectivity index (χ3v) is 0.638. The van der Waals surface area contributed by atoms with Crippen LogP contribution in [-0.2, 0) is 9.59 Å². The second-order valence-corrected chi connectivity index (χ2v) is 1.31. The number of carboxylic acids is 1. The minimum absolute atomic E-state index is 0. The predicted molar refractivity (Wildman–Crippen MR) is 29.4 cm³/mol. The first-order valence-electron chi connectivity index (χ1n) is 2.20.